The van der Waals surface area contributed by atoms with Crippen molar-refractivity contribution in [3.63, 3.8) is 0 Å². The van der Waals surface area contributed by atoms with E-state index in [1.807, 2.05) is 4.57 Å². The van der Waals surface area contributed by atoms with Crippen molar-refractivity contribution in [2.24, 2.45) is 0 Å². The molecule has 0 aliphatic rings. The molecule has 1 N–H and O–H groups in total. The predicted octanol–water partition coefficient (Wildman–Crippen LogP) is 7.86. The normalized spacial score (nSPS) is 11.0. The van der Waals surface area contributed by atoms with Crippen LogP contribution in [-0.4, -0.2) is 39.5 Å². The summed E-state index contributed by atoms with van der Waals surface area (Å²) in [5, 5.41) is 16.5. The minimum absolute atomic E-state index is 0.0349. The number of hydrogen-bond acceptors (Lipinski definition) is 8. The Kier molecular flexibility index (Phi) is 9.00. The number of methoxy groups -OCH3 is 1. The van der Waals surface area contributed by atoms with Crippen LogP contribution in [0.4, 0.5) is 9.39 Å². The molecule has 0 atom stereocenters. The Morgan fingerprint density at radius 2 is 1.71 bits per heavy atom. The lowest BCUT2D eigenvalue weighted by atomic mass is 10.0. The molecule has 3 aromatic heterocycles. The maximum absolute atomic E-state index is 13.5. The molecule has 0 aliphatic heterocycles. The number of aryl methyl sites for hydroxylation is 2. The molecule has 1 amide bonds. The van der Waals surface area contributed by atoms with Gasteiger partial charge in [-0.05, 0) is 37.1 Å². The summed E-state index contributed by atoms with van der Waals surface area (Å²) in [5.41, 5.74) is 5.79. The van der Waals surface area contributed by atoms with E-state index in [0.29, 0.717) is 33.7 Å². The number of amides is 1. The number of thiophene rings is 2. The van der Waals surface area contributed by atoms with Gasteiger partial charge in [-0.15, -0.1) is 39.4 Å². The van der Waals surface area contributed by atoms with Gasteiger partial charge in [0.25, 0.3) is 0 Å². The van der Waals surface area contributed by atoms with Crippen LogP contribution < -0.4 is 5.32 Å². The van der Waals surface area contributed by atoms with Gasteiger partial charge >= 0.3 is 5.97 Å². The van der Waals surface area contributed by atoms with Crippen LogP contribution in [0.25, 0.3) is 33.6 Å². The fraction of sp³-hybridized carbons (Fsp3) is 0.161. The molecule has 0 bridgehead atoms. The lowest BCUT2D eigenvalue weighted by Gasteiger charge is -2.10. The Hall–Kier alpha value is -4.06. The number of carbonyl (C=O) groups is 2. The molecule has 0 fully saturated rings. The summed E-state index contributed by atoms with van der Waals surface area (Å²) in [5.74, 6) is -0.559. The molecule has 0 unspecified atom stereocenters. The number of thioether (sulfide) groups is 1. The monoisotopic (exact) mass is 618 g/mol. The van der Waals surface area contributed by atoms with Crippen molar-refractivity contribution in [1.82, 2.24) is 14.8 Å². The van der Waals surface area contributed by atoms with Crippen LogP contribution in [0.2, 0.25) is 0 Å². The van der Waals surface area contributed by atoms with E-state index in [1.165, 1.54) is 52.8 Å². The molecule has 0 radical (unpaired) electrons. The lowest BCUT2D eigenvalue weighted by molar-refractivity contribution is -0.113. The van der Waals surface area contributed by atoms with Crippen molar-refractivity contribution in [2.75, 3.05) is 18.2 Å². The first-order valence-corrected chi connectivity index (χ1v) is 15.6. The maximum Gasteiger partial charge on any atom is 0.341 e. The van der Waals surface area contributed by atoms with Crippen LogP contribution in [-0.2, 0) is 16.1 Å². The highest BCUT2D eigenvalue weighted by Crippen LogP contribution is 2.40. The van der Waals surface area contributed by atoms with Gasteiger partial charge in [0.15, 0.2) is 11.0 Å². The third kappa shape index (κ3) is 6.08. The van der Waals surface area contributed by atoms with E-state index in [1.54, 1.807) is 34.9 Å². The SMILES string of the molecule is C=CCn1c(SCC(=O)Nc2scc(-c3ccc(F)cc3)c2C(=O)OC)nnc1-c1csc(C)c1-c1ccc(C)cc1. The number of nitrogens with one attached hydrogen (secondary N) is 1. The van der Waals surface area contributed by atoms with Crippen molar-refractivity contribution in [1.29, 1.82) is 0 Å². The van der Waals surface area contributed by atoms with Crippen molar-refractivity contribution in [3.05, 3.63) is 93.8 Å². The first kappa shape index (κ1) is 29.4. The summed E-state index contributed by atoms with van der Waals surface area (Å²) < 4.78 is 20.4. The van der Waals surface area contributed by atoms with Gasteiger partial charge in [0, 0.05) is 38.9 Å². The first-order valence-electron chi connectivity index (χ1n) is 12.9. The van der Waals surface area contributed by atoms with E-state index in [4.69, 9.17) is 4.74 Å². The largest absolute Gasteiger partial charge is 0.465 e. The highest BCUT2D eigenvalue weighted by molar-refractivity contribution is 7.99. The molecular formula is C31H27FN4O3S3. The van der Waals surface area contributed by atoms with Crippen molar-refractivity contribution >= 4 is 51.3 Å². The Morgan fingerprint density at radius 1 is 1.02 bits per heavy atom. The molecule has 5 rings (SSSR count). The molecule has 5 aromatic rings. The Bertz CT molecular complexity index is 1760. The number of rotatable bonds is 10. The number of carbonyl (C=O) groups excluding carboxylic acids is 2. The summed E-state index contributed by atoms with van der Waals surface area (Å²) in [6.45, 7) is 8.51. The van der Waals surface area contributed by atoms with E-state index in [-0.39, 0.29) is 23.0 Å². The summed E-state index contributed by atoms with van der Waals surface area (Å²) >= 11 is 4.10. The number of allylic oxidation sites excluding steroid dienone is 1. The maximum atomic E-state index is 13.5. The zero-order valence-corrected chi connectivity index (χ0v) is 25.6. The summed E-state index contributed by atoms with van der Waals surface area (Å²) in [6.07, 6.45) is 1.77. The molecule has 42 heavy (non-hydrogen) atoms. The second kappa shape index (κ2) is 12.8. The highest BCUT2D eigenvalue weighted by Gasteiger charge is 2.24. The van der Waals surface area contributed by atoms with E-state index in [2.05, 4.69) is 65.6 Å². The average molecular weight is 619 g/mol. The van der Waals surface area contributed by atoms with Crippen molar-refractivity contribution < 1.29 is 18.7 Å². The molecule has 214 valence electrons. The number of benzene rings is 2. The standard InChI is InChI=1S/C31H27FN4O3S3/c1-5-14-36-28(24-16-40-19(3)26(24)21-8-6-18(2)7-9-21)34-35-31(36)42-17-25(37)33-29-27(30(38)39-4)23(15-41-29)20-10-12-22(32)13-11-20/h5-13,15-16H,1,14,17H2,2-4H3,(H,33,37). The minimum atomic E-state index is -0.593. The zero-order valence-electron chi connectivity index (χ0n) is 23.1. The van der Waals surface area contributed by atoms with Crippen molar-refractivity contribution in [3.8, 4) is 33.6 Å². The molecule has 0 spiro atoms. The number of anilines is 1. The summed E-state index contributed by atoms with van der Waals surface area (Å²) in [6, 6.07) is 14.2. The van der Waals surface area contributed by atoms with Gasteiger partial charge in [0.2, 0.25) is 5.91 Å². The third-order valence-electron chi connectivity index (χ3n) is 6.51. The number of halogens is 1. The van der Waals surface area contributed by atoms with E-state index >= 15 is 0 Å². The quantitative estimate of drug-likeness (QED) is 0.0974. The molecule has 11 heteroatoms. The molecule has 0 aliphatic carbocycles. The molecule has 0 saturated heterocycles. The Labute approximate surface area is 255 Å². The van der Waals surface area contributed by atoms with Crippen molar-refractivity contribution in [2.45, 2.75) is 25.5 Å². The highest BCUT2D eigenvalue weighted by atomic mass is 32.2. The van der Waals surface area contributed by atoms with Gasteiger partial charge in [-0.2, -0.15) is 0 Å². The van der Waals surface area contributed by atoms with Crippen LogP contribution in [0, 0.1) is 19.7 Å². The number of nitrogens with zero attached hydrogens (tertiary/aromatic N) is 3. The molecule has 0 saturated carbocycles. The van der Waals surface area contributed by atoms with E-state index in [9.17, 15) is 14.0 Å². The fourth-order valence-corrected chi connectivity index (χ4v) is 7.06. The predicted molar refractivity (Wildman–Crippen MR) is 169 cm³/mol. The molecule has 3 heterocycles. The molecule has 7 nitrogen and oxygen atoms in total. The number of ether oxygens (including phenoxy) is 1. The van der Waals surface area contributed by atoms with E-state index < -0.39 is 5.97 Å². The summed E-state index contributed by atoms with van der Waals surface area (Å²) in [4.78, 5) is 26.9. The Balaban J connectivity index is 1.37. The van der Waals surface area contributed by atoms with Gasteiger partial charge in [0.1, 0.15) is 16.4 Å². The number of hydrogen-bond donors (Lipinski definition) is 1. The summed E-state index contributed by atoms with van der Waals surface area (Å²) in [7, 11) is 1.28. The lowest BCUT2D eigenvalue weighted by Crippen LogP contribution is -2.16. The van der Waals surface area contributed by atoms with Crippen LogP contribution >= 0.6 is 34.4 Å². The van der Waals surface area contributed by atoms with Crippen LogP contribution in [0.1, 0.15) is 20.8 Å². The van der Waals surface area contributed by atoms with Crippen LogP contribution in [0.3, 0.4) is 0 Å². The zero-order chi connectivity index (χ0) is 29.8. The first-order chi connectivity index (χ1) is 20.3. The van der Waals surface area contributed by atoms with Gasteiger partial charge < -0.3 is 10.1 Å². The molecular weight excluding hydrogens is 592 g/mol. The second-order valence-electron chi connectivity index (χ2n) is 9.34. The van der Waals surface area contributed by atoms with Gasteiger partial charge in [-0.1, -0.05) is 59.8 Å². The second-order valence-corrected chi connectivity index (χ2v) is 12.2. The van der Waals surface area contributed by atoms with E-state index in [0.717, 1.165) is 16.7 Å². The number of aromatic nitrogens is 3. The topological polar surface area (TPSA) is 86.1 Å². The smallest absolute Gasteiger partial charge is 0.341 e. The molecule has 2 aromatic carbocycles. The van der Waals surface area contributed by atoms with Gasteiger partial charge in [0.05, 0.1) is 12.9 Å². The minimum Gasteiger partial charge on any atom is -0.465 e. The fourth-order valence-electron chi connectivity index (χ4n) is 4.48. The van der Waals surface area contributed by atoms with Crippen LogP contribution in [0.15, 0.2) is 77.1 Å². The third-order valence-corrected chi connectivity index (χ3v) is 9.28. The van der Waals surface area contributed by atoms with Crippen LogP contribution in [0.5, 0.6) is 0 Å². The van der Waals surface area contributed by atoms with Gasteiger partial charge in [-0.3, -0.25) is 9.36 Å². The average Bonchev–Trinajstić information content (AvgIpc) is 3.69. The van der Waals surface area contributed by atoms with Gasteiger partial charge in [-0.25, -0.2) is 9.18 Å². The number of esters is 1. The Morgan fingerprint density at radius 3 is 2.40 bits per heavy atom.